The number of aliphatic carboxylic acids is 2. The molecule has 2 aromatic heterocycles. The minimum absolute atomic E-state index is 0.0278. The molecule has 0 aliphatic heterocycles. The van der Waals surface area contributed by atoms with Crippen LogP contribution >= 0.6 is 0 Å². The highest BCUT2D eigenvalue weighted by atomic mass is 19.4. The van der Waals surface area contributed by atoms with Crippen LogP contribution in [0.1, 0.15) is 16.1 Å². The van der Waals surface area contributed by atoms with Gasteiger partial charge in [-0.1, -0.05) is 12.1 Å². The van der Waals surface area contributed by atoms with Crippen molar-refractivity contribution in [2.45, 2.75) is 19.6 Å². The molecule has 31 heavy (non-hydrogen) atoms. The summed E-state index contributed by atoms with van der Waals surface area (Å²) >= 11 is 0. The zero-order chi connectivity index (χ0) is 23.3. The van der Waals surface area contributed by atoms with E-state index in [1.54, 1.807) is 13.0 Å². The first-order valence-corrected chi connectivity index (χ1v) is 8.17. The van der Waals surface area contributed by atoms with Crippen molar-refractivity contribution in [3.05, 3.63) is 47.7 Å². The van der Waals surface area contributed by atoms with Crippen molar-refractivity contribution in [3.63, 3.8) is 0 Å². The Morgan fingerprint density at radius 2 is 1.84 bits per heavy atom. The van der Waals surface area contributed by atoms with E-state index in [4.69, 9.17) is 15.0 Å². The molecule has 0 fully saturated rings. The number of hydrogen-bond acceptors (Lipinski definition) is 6. The quantitative estimate of drug-likeness (QED) is 0.520. The second kappa shape index (κ2) is 9.15. The maximum atomic E-state index is 13.7. The van der Waals surface area contributed by atoms with Gasteiger partial charge >= 0.3 is 18.1 Å². The largest absolute Gasteiger partial charge is 0.490 e. The Morgan fingerprint density at radius 3 is 2.42 bits per heavy atom. The molecule has 3 aromatic rings. The normalized spacial score (nSPS) is 10.9. The molecule has 0 atom stereocenters. The zero-order valence-corrected chi connectivity index (χ0v) is 15.5. The number of amides is 1. The number of benzene rings is 1. The van der Waals surface area contributed by atoms with Crippen LogP contribution in [0.2, 0.25) is 0 Å². The fourth-order valence-corrected chi connectivity index (χ4v) is 2.22. The van der Waals surface area contributed by atoms with Crippen molar-refractivity contribution in [3.8, 4) is 0 Å². The lowest BCUT2D eigenvalue weighted by Gasteiger charge is -2.07. The molecule has 0 unspecified atom stereocenters. The summed E-state index contributed by atoms with van der Waals surface area (Å²) in [6.07, 6.45) is -3.88. The summed E-state index contributed by atoms with van der Waals surface area (Å²) in [6, 6.07) is 6.02. The van der Waals surface area contributed by atoms with Crippen LogP contribution in [0.15, 0.2) is 30.6 Å². The summed E-state index contributed by atoms with van der Waals surface area (Å²) in [5.74, 6) is -4.84. The van der Waals surface area contributed by atoms with Crippen LogP contribution in [-0.4, -0.2) is 54.0 Å². The predicted octanol–water partition coefficient (Wildman–Crippen LogP) is 2.24. The Morgan fingerprint density at radius 1 is 1.19 bits per heavy atom. The Bertz CT molecular complexity index is 1150. The Kier molecular flexibility index (Phi) is 6.84. The number of carbonyl (C=O) groups is 3. The smallest absolute Gasteiger partial charge is 0.480 e. The molecule has 0 aliphatic rings. The maximum Gasteiger partial charge on any atom is 0.490 e. The molecule has 2 heterocycles. The van der Waals surface area contributed by atoms with Crippen molar-refractivity contribution in [2.75, 3.05) is 5.32 Å². The second-order valence-electron chi connectivity index (χ2n) is 5.85. The highest BCUT2D eigenvalue weighted by Crippen LogP contribution is 2.19. The average molecular weight is 443 g/mol. The van der Waals surface area contributed by atoms with Crippen molar-refractivity contribution in [2.24, 2.45) is 0 Å². The van der Waals surface area contributed by atoms with Crippen LogP contribution in [0.5, 0.6) is 0 Å². The number of aromatic nitrogens is 4. The molecular formula is C17H13F4N5O5. The Hall–Kier alpha value is -4.10. The van der Waals surface area contributed by atoms with E-state index in [0.29, 0.717) is 11.1 Å². The highest BCUT2D eigenvalue weighted by molar-refractivity contribution is 6.06. The molecule has 0 radical (unpaired) electrons. The lowest BCUT2D eigenvalue weighted by molar-refractivity contribution is -0.192. The summed E-state index contributed by atoms with van der Waals surface area (Å²) in [7, 11) is 0. The van der Waals surface area contributed by atoms with Gasteiger partial charge in [0.25, 0.3) is 5.91 Å². The monoisotopic (exact) mass is 443 g/mol. The van der Waals surface area contributed by atoms with E-state index in [1.165, 1.54) is 24.5 Å². The van der Waals surface area contributed by atoms with Crippen LogP contribution in [0.25, 0.3) is 10.9 Å². The molecule has 0 saturated heterocycles. The van der Waals surface area contributed by atoms with Crippen LogP contribution in [0.3, 0.4) is 0 Å². The fraction of sp³-hybridized carbons (Fsp3) is 0.176. The number of nitrogens with one attached hydrogen (secondary N) is 1. The number of carboxylic acid groups (broad SMARTS) is 2. The first-order valence-electron chi connectivity index (χ1n) is 8.17. The van der Waals surface area contributed by atoms with Gasteiger partial charge < -0.3 is 10.2 Å². The lowest BCUT2D eigenvalue weighted by Crippen LogP contribution is -2.21. The minimum atomic E-state index is -5.08. The molecule has 3 N–H and O–H groups in total. The SMILES string of the molecule is Cc1nc2c(F)cccc2cc1C(=O)Nc1ncn(CC(=O)O)n1.O=C(O)C(F)(F)F. The summed E-state index contributed by atoms with van der Waals surface area (Å²) in [5.41, 5.74) is 0.799. The Balaban J connectivity index is 0.000000423. The van der Waals surface area contributed by atoms with Gasteiger partial charge in [0.1, 0.15) is 24.2 Å². The van der Waals surface area contributed by atoms with Gasteiger partial charge in [0.2, 0.25) is 5.95 Å². The number of carboxylic acids is 2. The highest BCUT2D eigenvalue weighted by Gasteiger charge is 2.38. The number of para-hydroxylation sites is 1. The van der Waals surface area contributed by atoms with Crippen LogP contribution in [0, 0.1) is 12.7 Å². The molecule has 0 spiro atoms. The summed E-state index contributed by atoms with van der Waals surface area (Å²) < 4.78 is 46.5. The summed E-state index contributed by atoms with van der Waals surface area (Å²) in [4.78, 5) is 39.8. The molecule has 1 amide bonds. The third kappa shape index (κ3) is 6.19. The van der Waals surface area contributed by atoms with Gasteiger partial charge in [-0.3, -0.25) is 14.9 Å². The molecule has 0 bridgehead atoms. The number of halogens is 4. The van der Waals surface area contributed by atoms with Crippen molar-refractivity contribution in [1.82, 2.24) is 19.7 Å². The maximum absolute atomic E-state index is 13.7. The van der Waals surface area contributed by atoms with E-state index in [-0.39, 0.29) is 23.6 Å². The number of alkyl halides is 3. The topological polar surface area (TPSA) is 147 Å². The van der Waals surface area contributed by atoms with Crippen molar-refractivity contribution >= 4 is 34.7 Å². The number of hydrogen-bond donors (Lipinski definition) is 3. The van der Waals surface area contributed by atoms with E-state index in [1.807, 2.05) is 0 Å². The third-order valence-corrected chi connectivity index (χ3v) is 3.53. The number of fused-ring (bicyclic) bond motifs is 1. The number of nitrogens with zero attached hydrogens (tertiary/aromatic N) is 4. The number of aryl methyl sites for hydroxylation is 1. The van der Waals surface area contributed by atoms with Gasteiger partial charge in [-0.2, -0.15) is 13.2 Å². The summed E-state index contributed by atoms with van der Waals surface area (Å²) in [6.45, 7) is 1.23. The van der Waals surface area contributed by atoms with Gasteiger partial charge in [-0.25, -0.2) is 23.8 Å². The number of rotatable bonds is 4. The average Bonchev–Trinajstić information content (AvgIpc) is 3.07. The lowest BCUT2D eigenvalue weighted by atomic mass is 10.1. The van der Waals surface area contributed by atoms with Gasteiger partial charge in [0.05, 0.1) is 11.3 Å². The molecule has 3 rings (SSSR count). The number of carbonyl (C=O) groups excluding carboxylic acids is 1. The third-order valence-electron chi connectivity index (χ3n) is 3.53. The van der Waals surface area contributed by atoms with Gasteiger partial charge in [-0.15, -0.1) is 5.10 Å². The summed E-state index contributed by atoms with van der Waals surface area (Å²) in [5, 5.41) is 22.6. The predicted molar refractivity (Wildman–Crippen MR) is 95.7 cm³/mol. The molecule has 1 aromatic carbocycles. The van der Waals surface area contributed by atoms with Crippen LogP contribution in [0.4, 0.5) is 23.5 Å². The molecule has 14 heteroatoms. The van der Waals surface area contributed by atoms with Crippen LogP contribution in [-0.2, 0) is 16.1 Å². The Labute approximate surface area is 170 Å². The van der Waals surface area contributed by atoms with Crippen LogP contribution < -0.4 is 5.32 Å². The van der Waals surface area contributed by atoms with Crippen molar-refractivity contribution in [1.29, 1.82) is 0 Å². The molecular weight excluding hydrogens is 430 g/mol. The molecule has 0 aliphatic carbocycles. The van der Waals surface area contributed by atoms with Gasteiger partial charge in [-0.05, 0) is 19.1 Å². The van der Waals surface area contributed by atoms with E-state index in [2.05, 4.69) is 20.4 Å². The molecule has 0 saturated carbocycles. The van der Waals surface area contributed by atoms with E-state index >= 15 is 0 Å². The van der Waals surface area contributed by atoms with Gasteiger partial charge in [0, 0.05) is 5.39 Å². The fourth-order valence-electron chi connectivity index (χ4n) is 2.22. The minimum Gasteiger partial charge on any atom is -0.480 e. The molecule has 10 nitrogen and oxygen atoms in total. The zero-order valence-electron chi connectivity index (χ0n) is 15.5. The first kappa shape index (κ1) is 23.2. The second-order valence-corrected chi connectivity index (χ2v) is 5.85. The number of anilines is 1. The van der Waals surface area contributed by atoms with E-state index < -0.39 is 29.8 Å². The van der Waals surface area contributed by atoms with E-state index in [9.17, 15) is 27.2 Å². The van der Waals surface area contributed by atoms with Crippen molar-refractivity contribution < 1.29 is 42.2 Å². The van der Waals surface area contributed by atoms with Gasteiger partial charge in [0.15, 0.2) is 0 Å². The van der Waals surface area contributed by atoms with E-state index in [0.717, 1.165) is 4.68 Å². The first-order chi connectivity index (χ1) is 14.4. The number of pyridine rings is 1. The standard InChI is InChI=1S/C15H12FN5O3.C2HF3O2/c1-8-10(5-9-3-2-4-11(16)13(9)18-8)14(24)19-15-17-7-21(20-15)6-12(22)23;3-2(4,5)1(6)7/h2-5,7H,6H2,1H3,(H,22,23)(H,19,20,24);(H,6,7). The molecule has 164 valence electrons.